The van der Waals surface area contributed by atoms with Crippen molar-refractivity contribution in [2.24, 2.45) is 0 Å². The normalized spacial score (nSPS) is 9.82. The van der Waals surface area contributed by atoms with Gasteiger partial charge in [-0.05, 0) is 6.42 Å². The number of nitrogens with zero attached hydrogens (tertiary/aromatic N) is 2. The highest BCUT2D eigenvalue weighted by atomic mass is 16.5. The minimum Gasteiger partial charge on any atom is -0.468 e. The Morgan fingerprint density at radius 1 is 1.41 bits per heavy atom. The van der Waals surface area contributed by atoms with Crippen LogP contribution in [0.2, 0.25) is 0 Å². The molecule has 1 aromatic rings. The average Bonchev–Trinajstić information content (AvgIpc) is 2.36. The fourth-order valence-electron chi connectivity index (χ4n) is 1.29. The van der Waals surface area contributed by atoms with Crippen molar-refractivity contribution in [2.75, 3.05) is 31.3 Å². The van der Waals surface area contributed by atoms with Gasteiger partial charge in [0, 0.05) is 19.5 Å². The molecular formula is C11H18N4O2. The number of methoxy groups -OCH3 is 1. The number of carbonyl (C=O) groups excluding carboxylic acids is 1. The summed E-state index contributed by atoms with van der Waals surface area (Å²) in [6.45, 7) is 2.17. The van der Waals surface area contributed by atoms with Gasteiger partial charge in [-0.15, -0.1) is 0 Å². The van der Waals surface area contributed by atoms with Crippen LogP contribution in [-0.4, -0.2) is 36.6 Å². The minimum atomic E-state index is -0.327. The van der Waals surface area contributed by atoms with Crippen LogP contribution in [0.25, 0.3) is 0 Å². The lowest BCUT2D eigenvalue weighted by molar-refractivity contribution is -0.138. The molecule has 0 saturated carbocycles. The summed E-state index contributed by atoms with van der Waals surface area (Å²) in [6, 6.07) is 1.75. The zero-order valence-electron chi connectivity index (χ0n) is 10.4. The Labute approximate surface area is 101 Å². The number of carbonyl (C=O) groups is 1. The maximum absolute atomic E-state index is 11.0. The minimum absolute atomic E-state index is 0.0994. The second kappa shape index (κ2) is 6.67. The van der Waals surface area contributed by atoms with Crippen LogP contribution in [-0.2, 0) is 16.0 Å². The average molecular weight is 238 g/mol. The predicted molar refractivity (Wildman–Crippen MR) is 66.1 cm³/mol. The van der Waals surface area contributed by atoms with E-state index in [2.05, 4.69) is 32.3 Å². The maximum atomic E-state index is 11.0. The number of esters is 1. The molecule has 0 aliphatic rings. The summed E-state index contributed by atoms with van der Waals surface area (Å²) in [4.78, 5) is 19.6. The van der Waals surface area contributed by atoms with Gasteiger partial charge in [-0.3, -0.25) is 4.79 Å². The molecule has 0 radical (unpaired) electrons. The molecule has 1 heterocycles. The molecule has 6 nitrogen and oxygen atoms in total. The molecule has 0 aliphatic heterocycles. The van der Waals surface area contributed by atoms with Gasteiger partial charge in [0.15, 0.2) is 0 Å². The molecule has 1 rings (SSSR count). The van der Waals surface area contributed by atoms with Crippen LogP contribution in [0.1, 0.15) is 19.2 Å². The lowest BCUT2D eigenvalue weighted by Crippen LogP contribution is -2.16. The fourth-order valence-corrected chi connectivity index (χ4v) is 1.29. The summed E-state index contributed by atoms with van der Waals surface area (Å²) < 4.78 is 4.55. The van der Waals surface area contributed by atoms with Crippen LogP contribution in [0.4, 0.5) is 11.6 Å². The van der Waals surface area contributed by atoms with E-state index in [9.17, 15) is 4.79 Å². The number of nitrogens with one attached hydrogen (secondary N) is 2. The van der Waals surface area contributed by atoms with E-state index < -0.39 is 0 Å². The van der Waals surface area contributed by atoms with E-state index in [0.29, 0.717) is 5.82 Å². The fraction of sp³-hybridized carbons (Fsp3) is 0.545. The van der Waals surface area contributed by atoms with E-state index >= 15 is 0 Å². The molecule has 6 heteroatoms. The number of hydrogen-bond acceptors (Lipinski definition) is 6. The maximum Gasteiger partial charge on any atom is 0.325 e. The standard InChI is InChI=1S/C11H18N4O2/c1-4-5-8-14-9(12-2)6-10(15-8)13-7-11(16)17-3/h6H,4-5,7H2,1-3H3,(H2,12,13,14,15). The Morgan fingerprint density at radius 2 is 2.12 bits per heavy atom. The van der Waals surface area contributed by atoms with E-state index in [1.165, 1.54) is 7.11 Å². The molecule has 2 N–H and O–H groups in total. The first-order chi connectivity index (χ1) is 8.19. The third-order valence-corrected chi connectivity index (χ3v) is 2.14. The van der Waals surface area contributed by atoms with Gasteiger partial charge in [0.2, 0.25) is 0 Å². The largest absolute Gasteiger partial charge is 0.468 e. The topological polar surface area (TPSA) is 76.1 Å². The van der Waals surface area contributed by atoms with Gasteiger partial charge in [0.1, 0.15) is 24.0 Å². The molecule has 0 aromatic carbocycles. The zero-order valence-corrected chi connectivity index (χ0v) is 10.4. The monoisotopic (exact) mass is 238 g/mol. The Bertz CT molecular complexity index is 382. The van der Waals surface area contributed by atoms with Crippen LogP contribution in [0.5, 0.6) is 0 Å². The Morgan fingerprint density at radius 3 is 2.71 bits per heavy atom. The summed E-state index contributed by atoms with van der Waals surface area (Å²) in [5.41, 5.74) is 0. The molecule has 0 aliphatic carbocycles. The Kier molecular flexibility index (Phi) is 5.19. The van der Waals surface area contributed by atoms with Crippen LogP contribution in [0, 0.1) is 0 Å². The summed E-state index contributed by atoms with van der Waals surface area (Å²) in [7, 11) is 3.15. The summed E-state index contributed by atoms with van der Waals surface area (Å²) in [5.74, 6) is 1.78. The van der Waals surface area contributed by atoms with E-state index in [4.69, 9.17) is 0 Å². The van der Waals surface area contributed by atoms with Gasteiger partial charge in [0.05, 0.1) is 7.11 Å². The number of aromatic nitrogens is 2. The number of aryl methyl sites for hydroxylation is 1. The van der Waals surface area contributed by atoms with Crippen molar-refractivity contribution in [1.82, 2.24) is 9.97 Å². The highest BCUT2D eigenvalue weighted by molar-refractivity contribution is 5.74. The first-order valence-corrected chi connectivity index (χ1v) is 5.56. The second-order valence-electron chi connectivity index (χ2n) is 3.48. The molecule has 0 spiro atoms. The van der Waals surface area contributed by atoms with Crippen molar-refractivity contribution in [3.63, 3.8) is 0 Å². The van der Waals surface area contributed by atoms with Crippen molar-refractivity contribution in [1.29, 1.82) is 0 Å². The lowest BCUT2D eigenvalue weighted by atomic mass is 10.3. The van der Waals surface area contributed by atoms with Crippen LogP contribution in [0.15, 0.2) is 6.07 Å². The van der Waals surface area contributed by atoms with Crippen LogP contribution >= 0.6 is 0 Å². The Balaban J connectivity index is 2.75. The van der Waals surface area contributed by atoms with E-state index in [0.717, 1.165) is 24.5 Å². The molecule has 0 atom stereocenters. The smallest absolute Gasteiger partial charge is 0.325 e. The third kappa shape index (κ3) is 4.26. The van der Waals surface area contributed by atoms with Gasteiger partial charge < -0.3 is 15.4 Å². The molecular weight excluding hydrogens is 220 g/mol. The molecule has 94 valence electrons. The van der Waals surface area contributed by atoms with Gasteiger partial charge in [-0.2, -0.15) is 0 Å². The lowest BCUT2D eigenvalue weighted by Gasteiger charge is -2.08. The van der Waals surface area contributed by atoms with Crippen LogP contribution in [0.3, 0.4) is 0 Å². The molecule has 17 heavy (non-hydrogen) atoms. The molecule has 0 amide bonds. The molecule has 1 aromatic heterocycles. The van der Waals surface area contributed by atoms with Crippen molar-refractivity contribution >= 4 is 17.6 Å². The van der Waals surface area contributed by atoms with Gasteiger partial charge >= 0.3 is 5.97 Å². The van der Waals surface area contributed by atoms with Crippen molar-refractivity contribution < 1.29 is 9.53 Å². The van der Waals surface area contributed by atoms with Crippen LogP contribution < -0.4 is 10.6 Å². The molecule has 0 bridgehead atoms. The SMILES string of the molecule is CCCc1nc(NC)cc(NCC(=O)OC)n1. The second-order valence-corrected chi connectivity index (χ2v) is 3.48. The van der Waals surface area contributed by atoms with Crippen molar-refractivity contribution in [2.45, 2.75) is 19.8 Å². The van der Waals surface area contributed by atoms with E-state index in [1.54, 1.807) is 13.1 Å². The highest BCUT2D eigenvalue weighted by Crippen LogP contribution is 2.11. The predicted octanol–water partition coefficient (Wildman–Crippen LogP) is 1.06. The summed E-state index contributed by atoms with van der Waals surface area (Å²) in [5, 5.41) is 5.86. The molecule has 0 fully saturated rings. The summed E-state index contributed by atoms with van der Waals surface area (Å²) in [6.07, 6.45) is 1.78. The van der Waals surface area contributed by atoms with Gasteiger partial charge in [0.25, 0.3) is 0 Å². The molecule has 0 saturated heterocycles. The van der Waals surface area contributed by atoms with Crippen molar-refractivity contribution in [3.05, 3.63) is 11.9 Å². The van der Waals surface area contributed by atoms with E-state index in [1.807, 2.05) is 0 Å². The van der Waals surface area contributed by atoms with Gasteiger partial charge in [-0.25, -0.2) is 9.97 Å². The quantitative estimate of drug-likeness (QED) is 0.722. The first kappa shape index (κ1) is 13.2. The van der Waals surface area contributed by atoms with E-state index in [-0.39, 0.29) is 12.5 Å². The summed E-state index contributed by atoms with van der Waals surface area (Å²) >= 11 is 0. The number of anilines is 2. The Hall–Kier alpha value is -1.85. The van der Waals surface area contributed by atoms with Gasteiger partial charge in [-0.1, -0.05) is 6.92 Å². The highest BCUT2D eigenvalue weighted by Gasteiger charge is 2.05. The number of ether oxygens (including phenoxy) is 1. The number of hydrogen-bond donors (Lipinski definition) is 2. The molecule has 0 unspecified atom stereocenters. The van der Waals surface area contributed by atoms with Crippen molar-refractivity contribution in [3.8, 4) is 0 Å². The first-order valence-electron chi connectivity index (χ1n) is 5.56. The third-order valence-electron chi connectivity index (χ3n) is 2.14. The number of rotatable bonds is 6. The zero-order chi connectivity index (χ0) is 12.7.